The highest BCUT2D eigenvalue weighted by atomic mass is 127. The highest BCUT2D eigenvalue weighted by Gasteiger charge is 2.15. The van der Waals surface area contributed by atoms with Gasteiger partial charge in [-0.15, -0.1) is 11.3 Å². The summed E-state index contributed by atoms with van der Waals surface area (Å²) in [4.78, 5) is 1.35. The molecule has 0 fully saturated rings. The van der Waals surface area contributed by atoms with Crippen LogP contribution in [0.1, 0.15) is 22.0 Å². The van der Waals surface area contributed by atoms with E-state index in [9.17, 15) is 0 Å². The van der Waals surface area contributed by atoms with Gasteiger partial charge in [-0.25, -0.2) is 0 Å². The number of halogens is 2. The molecule has 0 aliphatic carbocycles. The molecule has 0 radical (unpaired) electrons. The van der Waals surface area contributed by atoms with Crippen molar-refractivity contribution < 1.29 is 0 Å². The second kappa shape index (κ2) is 5.82. The van der Waals surface area contributed by atoms with Crippen molar-refractivity contribution in [1.29, 1.82) is 0 Å². The van der Waals surface area contributed by atoms with Crippen molar-refractivity contribution in [2.45, 2.75) is 13.0 Å². The van der Waals surface area contributed by atoms with Crippen LogP contribution in [-0.4, -0.2) is 7.05 Å². The quantitative estimate of drug-likeness (QED) is 0.706. The monoisotopic (exact) mass is 421 g/mol. The average Bonchev–Trinajstić information content (AvgIpc) is 2.60. The molecule has 2 rings (SSSR count). The molecule has 0 saturated heterocycles. The Balaban J connectivity index is 2.39. The van der Waals surface area contributed by atoms with Crippen LogP contribution < -0.4 is 5.32 Å². The van der Waals surface area contributed by atoms with Crippen molar-refractivity contribution in [3.63, 3.8) is 0 Å². The molecule has 1 atom stereocenters. The third-order valence-corrected chi connectivity index (χ3v) is 5.50. The Labute approximate surface area is 128 Å². The fourth-order valence-electron chi connectivity index (χ4n) is 1.79. The number of thiophene rings is 1. The van der Waals surface area contributed by atoms with Gasteiger partial charge in [0.2, 0.25) is 0 Å². The summed E-state index contributed by atoms with van der Waals surface area (Å²) in [6.45, 7) is 2.13. The number of rotatable bonds is 3. The van der Waals surface area contributed by atoms with Gasteiger partial charge < -0.3 is 5.32 Å². The lowest BCUT2D eigenvalue weighted by atomic mass is 10.1. The van der Waals surface area contributed by atoms with Crippen molar-refractivity contribution in [2.24, 2.45) is 0 Å². The van der Waals surface area contributed by atoms with E-state index in [2.05, 4.69) is 81.1 Å². The molecule has 1 aromatic heterocycles. The summed E-state index contributed by atoms with van der Waals surface area (Å²) in [6.07, 6.45) is 0. The topological polar surface area (TPSA) is 12.0 Å². The Morgan fingerprint density at radius 3 is 2.65 bits per heavy atom. The summed E-state index contributed by atoms with van der Waals surface area (Å²) in [7, 11) is 2.01. The highest BCUT2D eigenvalue weighted by Crippen LogP contribution is 2.34. The predicted molar refractivity (Wildman–Crippen MR) is 86.8 cm³/mol. The zero-order valence-corrected chi connectivity index (χ0v) is 14.2. The third-order valence-electron chi connectivity index (χ3n) is 2.63. The van der Waals surface area contributed by atoms with Crippen LogP contribution in [-0.2, 0) is 0 Å². The molecule has 0 spiro atoms. The second-order valence-electron chi connectivity index (χ2n) is 3.88. The first kappa shape index (κ1) is 13.5. The van der Waals surface area contributed by atoms with E-state index in [0.717, 1.165) is 0 Å². The molecular weight excluding hydrogens is 409 g/mol. The van der Waals surface area contributed by atoms with E-state index in [-0.39, 0.29) is 6.04 Å². The second-order valence-corrected chi connectivity index (χ2v) is 7.53. The van der Waals surface area contributed by atoms with Gasteiger partial charge in [-0.1, -0.05) is 12.1 Å². The van der Waals surface area contributed by atoms with Crippen molar-refractivity contribution in [1.82, 2.24) is 5.32 Å². The van der Waals surface area contributed by atoms with Gasteiger partial charge in [0.15, 0.2) is 0 Å². The van der Waals surface area contributed by atoms with Crippen LogP contribution in [0.4, 0.5) is 0 Å². The summed E-state index contributed by atoms with van der Waals surface area (Å²) in [6, 6.07) is 11.1. The maximum Gasteiger partial charge on any atom is 0.0731 e. The molecule has 0 aliphatic heterocycles. The van der Waals surface area contributed by atoms with Gasteiger partial charge in [-0.05, 0) is 81.8 Å². The standard InChI is InChI=1S/C13H13BrINS/c1-8-6-11(17-13(8)14)12(16-2)9-4-3-5-10(15)7-9/h3-7,12,16H,1-2H3. The minimum atomic E-state index is 0.278. The van der Waals surface area contributed by atoms with Crippen LogP contribution in [0.3, 0.4) is 0 Å². The van der Waals surface area contributed by atoms with Crippen molar-refractivity contribution in [2.75, 3.05) is 7.05 Å². The Morgan fingerprint density at radius 2 is 2.12 bits per heavy atom. The van der Waals surface area contributed by atoms with Crippen molar-refractivity contribution >= 4 is 49.9 Å². The first-order chi connectivity index (χ1) is 8.11. The SMILES string of the molecule is CNC(c1cccc(I)c1)c1cc(C)c(Br)s1. The predicted octanol–water partition coefficient (Wildman–Crippen LogP) is 4.73. The highest BCUT2D eigenvalue weighted by molar-refractivity contribution is 14.1. The molecule has 0 amide bonds. The summed E-state index contributed by atoms with van der Waals surface area (Å²) in [5, 5.41) is 3.39. The van der Waals surface area contributed by atoms with E-state index < -0.39 is 0 Å². The summed E-state index contributed by atoms with van der Waals surface area (Å²) >= 11 is 7.74. The Morgan fingerprint density at radius 1 is 1.35 bits per heavy atom. The first-order valence-electron chi connectivity index (χ1n) is 5.30. The molecular formula is C13H13BrINS. The van der Waals surface area contributed by atoms with Gasteiger partial charge >= 0.3 is 0 Å². The van der Waals surface area contributed by atoms with Gasteiger partial charge in [0.25, 0.3) is 0 Å². The number of benzene rings is 1. The van der Waals surface area contributed by atoms with Crippen LogP contribution in [0.15, 0.2) is 34.1 Å². The lowest BCUT2D eigenvalue weighted by molar-refractivity contribution is 0.703. The third kappa shape index (κ3) is 3.10. The van der Waals surface area contributed by atoms with Crippen molar-refractivity contribution in [3.05, 3.63) is 53.7 Å². The normalized spacial score (nSPS) is 12.7. The zero-order chi connectivity index (χ0) is 12.4. The van der Waals surface area contributed by atoms with Crippen LogP contribution in [0.2, 0.25) is 0 Å². The first-order valence-corrected chi connectivity index (χ1v) is 7.99. The van der Waals surface area contributed by atoms with Crippen LogP contribution >= 0.6 is 49.9 Å². The van der Waals surface area contributed by atoms with E-state index in [4.69, 9.17) is 0 Å². The molecule has 1 unspecified atom stereocenters. The van der Waals surface area contributed by atoms with Gasteiger partial charge in [-0.2, -0.15) is 0 Å². The smallest absolute Gasteiger partial charge is 0.0731 e. The Kier molecular flexibility index (Phi) is 4.63. The Hall–Kier alpha value is 0.0900. The number of hydrogen-bond acceptors (Lipinski definition) is 2. The minimum Gasteiger partial charge on any atom is -0.309 e. The van der Waals surface area contributed by atoms with E-state index in [1.807, 2.05) is 7.05 Å². The molecule has 0 bridgehead atoms. The molecule has 2 aromatic rings. The van der Waals surface area contributed by atoms with E-state index >= 15 is 0 Å². The summed E-state index contributed by atoms with van der Waals surface area (Å²) < 4.78 is 2.49. The zero-order valence-electron chi connectivity index (χ0n) is 9.63. The van der Waals surface area contributed by atoms with E-state index in [0.29, 0.717) is 0 Å². The average molecular weight is 422 g/mol. The van der Waals surface area contributed by atoms with Crippen LogP contribution in [0.5, 0.6) is 0 Å². The maximum atomic E-state index is 3.59. The summed E-state index contributed by atoms with van der Waals surface area (Å²) in [5.41, 5.74) is 2.61. The van der Waals surface area contributed by atoms with Gasteiger partial charge in [0, 0.05) is 8.45 Å². The molecule has 1 N–H and O–H groups in total. The molecule has 1 nitrogen and oxygen atoms in total. The number of hydrogen-bond donors (Lipinski definition) is 1. The fourth-order valence-corrected chi connectivity index (χ4v) is 4.06. The minimum absolute atomic E-state index is 0.278. The molecule has 17 heavy (non-hydrogen) atoms. The van der Waals surface area contributed by atoms with Gasteiger partial charge in [-0.3, -0.25) is 0 Å². The molecule has 1 aromatic carbocycles. The van der Waals surface area contributed by atoms with E-state index in [1.165, 1.54) is 23.4 Å². The van der Waals surface area contributed by atoms with Gasteiger partial charge in [0.05, 0.1) is 9.83 Å². The molecule has 4 heteroatoms. The lowest BCUT2D eigenvalue weighted by Crippen LogP contribution is -2.16. The molecule has 1 heterocycles. The van der Waals surface area contributed by atoms with Crippen molar-refractivity contribution in [3.8, 4) is 0 Å². The van der Waals surface area contributed by atoms with E-state index in [1.54, 1.807) is 11.3 Å². The molecule has 0 saturated carbocycles. The molecule has 90 valence electrons. The fraction of sp³-hybridized carbons (Fsp3) is 0.231. The van der Waals surface area contributed by atoms with Crippen LogP contribution in [0, 0.1) is 10.5 Å². The number of aryl methyl sites for hydroxylation is 1. The Bertz CT molecular complexity index is 504. The lowest BCUT2D eigenvalue weighted by Gasteiger charge is -2.15. The van der Waals surface area contributed by atoms with Crippen LogP contribution in [0.25, 0.3) is 0 Å². The van der Waals surface area contributed by atoms with Gasteiger partial charge in [0.1, 0.15) is 0 Å². The maximum absolute atomic E-state index is 3.59. The molecule has 0 aliphatic rings. The largest absolute Gasteiger partial charge is 0.309 e. The summed E-state index contributed by atoms with van der Waals surface area (Å²) in [5.74, 6) is 0. The number of nitrogens with one attached hydrogen (secondary N) is 1.